The van der Waals surface area contributed by atoms with Crippen molar-refractivity contribution in [2.75, 3.05) is 5.73 Å². The van der Waals surface area contributed by atoms with E-state index in [2.05, 4.69) is 10.1 Å². The molecule has 90 valence electrons. The van der Waals surface area contributed by atoms with E-state index in [0.29, 0.717) is 17.2 Å². The molecular formula is C13H11FN4. The van der Waals surface area contributed by atoms with Crippen molar-refractivity contribution in [1.82, 2.24) is 14.6 Å². The minimum absolute atomic E-state index is 0.270. The summed E-state index contributed by atoms with van der Waals surface area (Å²) in [5.74, 6) is 0.237. The predicted octanol–water partition coefficient (Wildman–Crippen LogP) is 2.43. The van der Waals surface area contributed by atoms with Gasteiger partial charge in [-0.05, 0) is 31.2 Å². The van der Waals surface area contributed by atoms with Crippen molar-refractivity contribution < 1.29 is 4.39 Å². The molecule has 0 aliphatic heterocycles. The lowest BCUT2D eigenvalue weighted by Crippen LogP contribution is -2.01. The molecule has 0 saturated heterocycles. The number of benzene rings is 1. The Labute approximate surface area is 103 Å². The van der Waals surface area contributed by atoms with Crippen molar-refractivity contribution in [2.24, 2.45) is 0 Å². The minimum Gasteiger partial charge on any atom is -0.384 e. The molecule has 2 N–H and O–H groups in total. The third kappa shape index (κ3) is 1.69. The lowest BCUT2D eigenvalue weighted by atomic mass is 10.1. The number of nitrogens with two attached hydrogens (primary N) is 1. The smallest absolute Gasteiger partial charge is 0.158 e. The Kier molecular flexibility index (Phi) is 2.26. The van der Waals surface area contributed by atoms with Crippen LogP contribution in [0.15, 0.2) is 36.4 Å². The number of hydrogen-bond acceptors (Lipinski definition) is 3. The molecule has 0 amide bonds. The molecule has 2 heterocycles. The number of fused-ring (bicyclic) bond motifs is 1. The first kappa shape index (κ1) is 10.7. The van der Waals surface area contributed by atoms with Crippen LogP contribution >= 0.6 is 0 Å². The maximum atomic E-state index is 12.9. The van der Waals surface area contributed by atoms with Crippen LogP contribution in [-0.4, -0.2) is 14.6 Å². The summed E-state index contributed by atoms with van der Waals surface area (Å²) in [6, 6.07) is 9.74. The Morgan fingerprint density at radius 1 is 1.17 bits per heavy atom. The highest BCUT2D eigenvalue weighted by atomic mass is 19.1. The van der Waals surface area contributed by atoms with E-state index in [1.807, 2.05) is 13.0 Å². The molecule has 0 saturated carbocycles. The Hall–Kier alpha value is -2.43. The third-order valence-corrected chi connectivity index (χ3v) is 2.72. The molecule has 1 aromatic carbocycles. The molecule has 0 fully saturated rings. The zero-order chi connectivity index (χ0) is 12.7. The molecule has 0 radical (unpaired) electrons. The molecule has 2 aromatic heterocycles. The van der Waals surface area contributed by atoms with Crippen LogP contribution in [-0.2, 0) is 0 Å². The van der Waals surface area contributed by atoms with E-state index in [4.69, 9.17) is 5.73 Å². The van der Waals surface area contributed by atoms with Gasteiger partial charge in [0.2, 0.25) is 0 Å². The fourth-order valence-corrected chi connectivity index (χ4v) is 1.88. The molecule has 0 atom stereocenters. The van der Waals surface area contributed by atoms with E-state index in [0.717, 1.165) is 11.3 Å². The van der Waals surface area contributed by atoms with Crippen LogP contribution in [0.3, 0.4) is 0 Å². The number of rotatable bonds is 1. The summed E-state index contributed by atoms with van der Waals surface area (Å²) in [6.07, 6.45) is 0. The van der Waals surface area contributed by atoms with Crippen molar-refractivity contribution in [1.29, 1.82) is 0 Å². The zero-order valence-corrected chi connectivity index (χ0v) is 9.76. The maximum absolute atomic E-state index is 12.9. The summed E-state index contributed by atoms with van der Waals surface area (Å²) in [5, 5.41) is 4.23. The van der Waals surface area contributed by atoms with Gasteiger partial charge in [0, 0.05) is 17.7 Å². The first-order valence-corrected chi connectivity index (χ1v) is 5.52. The van der Waals surface area contributed by atoms with Crippen molar-refractivity contribution in [3.05, 3.63) is 47.9 Å². The molecule has 3 aromatic rings. The van der Waals surface area contributed by atoms with E-state index in [-0.39, 0.29) is 5.82 Å². The number of anilines is 1. The molecule has 4 nitrogen and oxygen atoms in total. The fourth-order valence-electron chi connectivity index (χ4n) is 1.88. The highest BCUT2D eigenvalue weighted by Gasteiger charge is 2.07. The van der Waals surface area contributed by atoms with E-state index in [1.54, 1.807) is 22.7 Å². The van der Waals surface area contributed by atoms with Crippen LogP contribution in [0.25, 0.3) is 16.9 Å². The highest BCUT2D eigenvalue weighted by Crippen LogP contribution is 2.21. The highest BCUT2D eigenvalue weighted by molar-refractivity contribution is 5.65. The van der Waals surface area contributed by atoms with Crippen LogP contribution in [0.5, 0.6) is 0 Å². The van der Waals surface area contributed by atoms with Gasteiger partial charge in [-0.25, -0.2) is 9.37 Å². The Morgan fingerprint density at radius 2 is 1.89 bits per heavy atom. The van der Waals surface area contributed by atoms with E-state index in [1.165, 1.54) is 12.1 Å². The number of halogens is 1. The van der Waals surface area contributed by atoms with E-state index >= 15 is 0 Å². The molecule has 0 spiro atoms. The summed E-state index contributed by atoms with van der Waals surface area (Å²) in [4.78, 5) is 4.45. The number of hydrogen-bond donors (Lipinski definition) is 1. The second-order valence-corrected chi connectivity index (χ2v) is 4.13. The molecule has 18 heavy (non-hydrogen) atoms. The average molecular weight is 242 g/mol. The second kappa shape index (κ2) is 3.80. The average Bonchev–Trinajstić information content (AvgIpc) is 2.71. The molecule has 3 rings (SSSR count). The molecule has 0 aliphatic rings. The van der Waals surface area contributed by atoms with Crippen molar-refractivity contribution in [3.63, 3.8) is 0 Å². The number of nitrogens with zero attached hydrogens (tertiary/aromatic N) is 3. The van der Waals surface area contributed by atoms with Gasteiger partial charge in [0.05, 0.1) is 11.4 Å². The molecule has 5 heteroatoms. The number of aryl methyl sites for hydroxylation is 1. The van der Waals surface area contributed by atoms with Crippen LogP contribution in [0, 0.1) is 12.7 Å². The largest absolute Gasteiger partial charge is 0.384 e. The topological polar surface area (TPSA) is 56.2 Å². The standard InChI is InChI=1S/C13H11FN4/c1-8-6-13-16-11(7-12(15)18(13)17-8)9-2-4-10(14)5-3-9/h2-7H,15H2,1H3. The van der Waals surface area contributed by atoms with E-state index < -0.39 is 0 Å². The van der Waals surface area contributed by atoms with Gasteiger partial charge in [0.25, 0.3) is 0 Å². The predicted molar refractivity (Wildman–Crippen MR) is 67.5 cm³/mol. The quantitative estimate of drug-likeness (QED) is 0.713. The van der Waals surface area contributed by atoms with Gasteiger partial charge in [-0.2, -0.15) is 9.61 Å². The van der Waals surface area contributed by atoms with Crippen molar-refractivity contribution in [3.8, 4) is 11.3 Å². The molecule has 0 bridgehead atoms. The number of aromatic nitrogens is 3. The van der Waals surface area contributed by atoms with Gasteiger partial charge in [0.15, 0.2) is 5.65 Å². The maximum Gasteiger partial charge on any atom is 0.158 e. The lowest BCUT2D eigenvalue weighted by molar-refractivity contribution is 0.628. The van der Waals surface area contributed by atoms with Gasteiger partial charge in [-0.1, -0.05) is 0 Å². The summed E-state index contributed by atoms with van der Waals surface area (Å²) >= 11 is 0. The molecule has 0 aliphatic carbocycles. The summed E-state index contributed by atoms with van der Waals surface area (Å²) in [5.41, 5.74) is 8.99. The van der Waals surface area contributed by atoms with E-state index in [9.17, 15) is 4.39 Å². The van der Waals surface area contributed by atoms with Crippen molar-refractivity contribution >= 4 is 11.5 Å². The van der Waals surface area contributed by atoms with Crippen molar-refractivity contribution in [2.45, 2.75) is 6.92 Å². The Bertz CT molecular complexity index is 716. The lowest BCUT2D eigenvalue weighted by Gasteiger charge is -2.04. The van der Waals surface area contributed by atoms with Crippen LogP contribution < -0.4 is 5.73 Å². The zero-order valence-electron chi connectivity index (χ0n) is 9.76. The normalized spacial score (nSPS) is 11.0. The number of nitrogen functional groups attached to an aromatic ring is 1. The molecule has 0 unspecified atom stereocenters. The first-order chi connectivity index (χ1) is 8.63. The van der Waals surface area contributed by atoms with Gasteiger partial charge in [0.1, 0.15) is 11.6 Å². The Morgan fingerprint density at radius 3 is 2.61 bits per heavy atom. The summed E-state index contributed by atoms with van der Waals surface area (Å²) < 4.78 is 14.5. The molecular weight excluding hydrogens is 231 g/mol. The third-order valence-electron chi connectivity index (χ3n) is 2.72. The summed E-state index contributed by atoms with van der Waals surface area (Å²) in [7, 11) is 0. The van der Waals surface area contributed by atoms with Crippen LogP contribution in [0.1, 0.15) is 5.69 Å². The van der Waals surface area contributed by atoms with Crippen LogP contribution in [0.4, 0.5) is 10.2 Å². The van der Waals surface area contributed by atoms with Gasteiger partial charge >= 0.3 is 0 Å². The fraction of sp³-hybridized carbons (Fsp3) is 0.0769. The Balaban J connectivity index is 2.20. The van der Waals surface area contributed by atoms with Crippen LogP contribution in [0.2, 0.25) is 0 Å². The summed E-state index contributed by atoms with van der Waals surface area (Å²) in [6.45, 7) is 1.88. The van der Waals surface area contributed by atoms with Gasteiger partial charge < -0.3 is 5.73 Å². The van der Waals surface area contributed by atoms with Gasteiger partial charge in [-0.15, -0.1) is 0 Å². The SMILES string of the molecule is Cc1cc2nc(-c3ccc(F)cc3)cc(N)n2n1. The first-order valence-electron chi connectivity index (χ1n) is 5.52. The van der Waals surface area contributed by atoms with Gasteiger partial charge in [-0.3, -0.25) is 0 Å². The minimum atomic E-state index is -0.270. The second-order valence-electron chi connectivity index (χ2n) is 4.13. The monoisotopic (exact) mass is 242 g/mol.